The Morgan fingerprint density at radius 2 is 2.10 bits per heavy atom. The first kappa shape index (κ1) is 17.4. The molecule has 0 saturated heterocycles. The number of halogens is 1. The molecule has 0 radical (unpaired) electrons. The minimum absolute atomic E-state index is 0.202. The van der Waals surface area contributed by atoms with Gasteiger partial charge in [-0.3, -0.25) is 0 Å². The molecule has 0 heterocycles. The molecule has 0 amide bonds. The Kier molecular flexibility index (Phi) is 8.80. The van der Waals surface area contributed by atoms with Gasteiger partial charge in [-0.05, 0) is 30.8 Å². The Morgan fingerprint density at radius 3 is 2.80 bits per heavy atom. The number of methoxy groups -OCH3 is 1. The maximum atomic E-state index is 9.72. The summed E-state index contributed by atoms with van der Waals surface area (Å²) in [6, 6.07) is 5.74. The molecular formula is C14H22BrNO4. The van der Waals surface area contributed by atoms with Crippen molar-refractivity contribution in [2.24, 2.45) is 0 Å². The van der Waals surface area contributed by atoms with Gasteiger partial charge >= 0.3 is 0 Å². The van der Waals surface area contributed by atoms with Gasteiger partial charge in [-0.1, -0.05) is 15.9 Å². The average molecular weight is 348 g/mol. The highest BCUT2D eigenvalue weighted by molar-refractivity contribution is 9.10. The number of ether oxygens (including phenoxy) is 3. The topological polar surface area (TPSA) is 60.0 Å². The van der Waals surface area contributed by atoms with E-state index in [4.69, 9.17) is 14.2 Å². The fraction of sp³-hybridized carbons (Fsp3) is 0.571. The lowest BCUT2D eigenvalue weighted by molar-refractivity contribution is -0.00420. The molecule has 0 saturated carbocycles. The zero-order valence-electron chi connectivity index (χ0n) is 11.9. The molecule has 0 spiro atoms. The Labute approximate surface area is 128 Å². The minimum Gasteiger partial charge on any atom is -0.491 e. The fourth-order valence-electron chi connectivity index (χ4n) is 1.57. The Balaban J connectivity index is 2.35. The van der Waals surface area contributed by atoms with Crippen LogP contribution in [0.1, 0.15) is 5.56 Å². The summed E-state index contributed by atoms with van der Waals surface area (Å²) in [6.07, 6.45) is -0.650. The molecule has 114 valence electrons. The molecule has 0 aliphatic carbocycles. The molecule has 1 aromatic rings. The zero-order valence-corrected chi connectivity index (χ0v) is 13.5. The molecule has 1 aromatic carbocycles. The van der Waals surface area contributed by atoms with Crippen LogP contribution in [0.15, 0.2) is 22.7 Å². The monoisotopic (exact) mass is 347 g/mol. The molecular weight excluding hydrogens is 326 g/mol. The van der Waals surface area contributed by atoms with Crippen molar-refractivity contribution in [1.82, 2.24) is 5.32 Å². The fourth-order valence-corrected chi connectivity index (χ4v) is 1.96. The number of hydrogen-bond donors (Lipinski definition) is 2. The van der Waals surface area contributed by atoms with Crippen molar-refractivity contribution in [3.05, 3.63) is 28.2 Å². The number of aliphatic hydroxyl groups is 1. The van der Waals surface area contributed by atoms with Gasteiger partial charge < -0.3 is 24.6 Å². The first-order chi connectivity index (χ1) is 9.67. The molecule has 1 unspecified atom stereocenters. The van der Waals surface area contributed by atoms with Crippen LogP contribution in [0, 0.1) is 0 Å². The molecule has 5 nitrogen and oxygen atoms in total. The quantitative estimate of drug-likeness (QED) is 0.629. The van der Waals surface area contributed by atoms with Crippen molar-refractivity contribution >= 4 is 15.9 Å². The molecule has 0 aliphatic rings. The van der Waals surface area contributed by atoms with Crippen LogP contribution in [0.3, 0.4) is 0 Å². The second-order valence-corrected chi connectivity index (χ2v) is 5.17. The van der Waals surface area contributed by atoms with Crippen molar-refractivity contribution in [1.29, 1.82) is 0 Å². The average Bonchev–Trinajstić information content (AvgIpc) is 2.45. The number of benzene rings is 1. The molecule has 0 aliphatic heterocycles. The van der Waals surface area contributed by atoms with E-state index in [1.165, 1.54) is 0 Å². The van der Waals surface area contributed by atoms with Crippen molar-refractivity contribution in [3.63, 3.8) is 0 Å². The summed E-state index contributed by atoms with van der Waals surface area (Å²) < 4.78 is 16.7. The van der Waals surface area contributed by atoms with E-state index in [0.717, 1.165) is 22.3 Å². The molecule has 0 bridgehead atoms. The Hall–Kier alpha value is -0.660. The molecule has 0 aromatic heterocycles. The van der Waals surface area contributed by atoms with E-state index in [1.54, 1.807) is 7.11 Å². The predicted octanol–water partition coefficient (Wildman–Crippen LogP) is 1.57. The van der Waals surface area contributed by atoms with E-state index < -0.39 is 6.10 Å². The van der Waals surface area contributed by atoms with Crippen LogP contribution in [0.25, 0.3) is 0 Å². The van der Waals surface area contributed by atoms with E-state index in [0.29, 0.717) is 13.2 Å². The highest BCUT2D eigenvalue weighted by Gasteiger charge is 2.07. The smallest absolute Gasteiger partial charge is 0.119 e. The summed E-state index contributed by atoms with van der Waals surface area (Å²) >= 11 is 3.48. The van der Waals surface area contributed by atoms with Crippen LogP contribution in [-0.2, 0) is 16.0 Å². The van der Waals surface area contributed by atoms with Crippen molar-refractivity contribution < 1.29 is 19.3 Å². The largest absolute Gasteiger partial charge is 0.491 e. The number of nitrogens with one attached hydrogen (secondary N) is 1. The highest BCUT2D eigenvalue weighted by atomic mass is 79.9. The summed E-state index contributed by atoms with van der Waals surface area (Å²) in [5.74, 6) is 0.731. The van der Waals surface area contributed by atoms with Crippen molar-refractivity contribution in [2.45, 2.75) is 12.6 Å². The van der Waals surface area contributed by atoms with Crippen LogP contribution in [0.4, 0.5) is 0 Å². The SMILES string of the molecule is CNCc1cc(OCC(O)COCCOC)ccc1Br. The third-order valence-electron chi connectivity index (χ3n) is 2.57. The molecule has 1 rings (SSSR count). The van der Waals surface area contributed by atoms with E-state index >= 15 is 0 Å². The van der Waals surface area contributed by atoms with E-state index in [1.807, 2.05) is 25.2 Å². The van der Waals surface area contributed by atoms with Gasteiger partial charge in [0.25, 0.3) is 0 Å². The number of rotatable bonds is 10. The minimum atomic E-state index is -0.650. The Bertz CT molecular complexity index is 389. The molecule has 20 heavy (non-hydrogen) atoms. The first-order valence-electron chi connectivity index (χ1n) is 6.48. The summed E-state index contributed by atoms with van der Waals surface area (Å²) in [4.78, 5) is 0. The molecule has 2 N–H and O–H groups in total. The normalized spacial score (nSPS) is 12.4. The van der Waals surface area contributed by atoms with Crippen LogP contribution in [-0.4, -0.2) is 51.8 Å². The molecule has 0 fully saturated rings. The van der Waals surface area contributed by atoms with Gasteiger partial charge in [-0.25, -0.2) is 0 Å². The summed E-state index contributed by atoms with van der Waals surface area (Å²) in [6.45, 7) is 2.18. The van der Waals surface area contributed by atoms with Crippen LogP contribution >= 0.6 is 15.9 Å². The summed E-state index contributed by atoms with van der Waals surface area (Å²) in [7, 11) is 3.50. The summed E-state index contributed by atoms with van der Waals surface area (Å²) in [5, 5.41) is 12.8. The van der Waals surface area contributed by atoms with E-state index in [9.17, 15) is 5.11 Å². The van der Waals surface area contributed by atoms with Gasteiger partial charge in [0.15, 0.2) is 0 Å². The van der Waals surface area contributed by atoms with Crippen molar-refractivity contribution in [3.8, 4) is 5.75 Å². The third kappa shape index (κ3) is 6.67. The highest BCUT2D eigenvalue weighted by Crippen LogP contribution is 2.22. The van der Waals surface area contributed by atoms with Gasteiger partial charge in [0.2, 0.25) is 0 Å². The first-order valence-corrected chi connectivity index (χ1v) is 7.27. The van der Waals surface area contributed by atoms with E-state index in [-0.39, 0.29) is 13.2 Å². The van der Waals surface area contributed by atoms with Crippen LogP contribution in [0.5, 0.6) is 5.75 Å². The summed E-state index contributed by atoms with van der Waals surface area (Å²) in [5.41, 5.74) is 1.11. The van der Waals surface area contributed by atoms with Crippen molar-refractivity contribution in [2.75, 3.05) is 40.6 Å². The third-order valence-corrected chi connectivity index (χ3v) is 3.34. The Morgan fingerprint density at radius 1 is 1.30 bits per heavy atom. The standard InChI is InChI=1S/C14H22BrNO4/c1-16-8-11-7-13(3-4-14(11)15)20-10-12(17)9-19-6-5-18-2/h3-4,7,12,16-17H,5-6,8-10H2,1-2H3. The van der Waals surface area contributed by atoms with Gasteiger partial charge in [-0.15, -0.1) is 0 Å². The molecule has 6 heteroatoms. The zero-order chi connectivity index (χ0) is 14.8. The van der Waals surface area contributed by atoms with Crippen LogP contribution in [0.2, 0.25) is 0 Å². The van der Waals surface area contributed by atoms with Crippen LogP contribution < -0.4 is 10.1 Å². The lowest BCUT2D eigenvalue weighted by Gasteiger charge is -2.14. The van der Waals surface area contributed by atoms with E-state index in [2.05, 4.69) is 21.2 Å². The predicted molar refractivity (Wildman–Crippen MR) is 81.1 cm³/mol. The molecule has 1 atom stereocenters. The maximum absolute atomic E-state index is 9.72. The maximum Gasteiger partial charge on any atom is 0.119 e. The lowest BCUT2D eigenvalue weighted by Crippen LogP contribution is -2.24. The second-order valence-electron chi connectivity index (χ2n) is 4.32. The van der Waals surface area contributed by atoms with Gasteiger partial charge in [0.1, 0.15) is 18.5 Å². The lowest BCUT2D eigenvalue weighted by atomic mass is 10.2. The number of hydrogen-bond acceptors (Lipinski definition) is 5. The van der Waals surface area contributed by atoms with Gasteiger partial charge in [0, 0.05) is 18.1 Å². The second kappa shape index (κ2) is 10.1. The van der Waals surface area contributed by atoms with Gasteiger partial charge in [0.05, 0.1) is 19.8 Å². The van der Waals surface area contributed by atoms with Gasteiger partial charge in [-0.2, -0.15) is 0 Å². The number of aliphatic hydroxyl groups excluding tert-OH is 1.